The van der Waals surface area contributed by atoms with Gasteiger partial charge in [-0.3, -0.25) is 0 Å². The number of rotatable bonds is 22. The smallest absolute Gasteiger partial charge is 0.183 e. The third kappa shape index (κ3) is 18.3. The van der Waals surface area contributed by atoms with Crippen molar-refractivity contribution in [2.75, 3.05) is 33.0 Å². The van der Waals surface area contributed by atoms with Crippen molar-refractivity contribution in [3.05, 3.63) is 0 Å². The van der Waals surface area contributed by atoms with E-state index >= 15 is 0 Å². The lowest BCUT2D eigenvalue weighted by Gasteiger charge is -2.38. The summed E-state index contributed by atoms with van der Waals surface area (Å²) in [5.41, 5.74) is 0. The Morgan fingerprint density at radius 3 is 1.21 bits per heavy atom. The minimum atomic E-state index is 0. The first-order valence-electron chi connectivity index (χ1n) is 12.7. The predicted octanol–water partition coefficient (Wildman–Crippen LogP) is 5.10. The Hall–Kier alpha value is 0.210. The van der Waals surface area contributed by atoms with Crippen LogP contribution in [0.3, 0.4) is 0 Å². The van der Waals surface area contributed by atoms with Gasteiger partial charge in [0.1, 0.15) is 0 Å². The molecule has 0 amide bonds. The van der Waals surface area contributed by atoms with E-state index in [2.05, 4.69) is 27.7 Å². The Bertz CT molecular complexity index is 264. The molecule has 0 spiro atoms. The zero-order valence-corrected chi connectivity index (χ0v) is 20.8. The monoisotopic (exact) mass is 419 g/mol. The van der Waals surface area contributed by atoms with Crippen LogP contribution in [0.1, 0.15) is 130 Å². The van der Waals surface area contributed by atoms with Crippen LogP contribution in [-0.4, -0.2) is 37.5 Å². The average Bonchev–Trinajstić information content (AvgIpc) is 2.69. The maximum absolute atomic E-state index is 6.23. The minimum Gasteiger partial charge on any atom is -1.00 e. The predicted molar refractivity (Wildman–Crippen MR) is 122 cm³/mol. The molecule has 0 aromatic carbocycles. The number of quaternary nitrogens is 1. The number of hydrogen-bond donors (Lipinski definition) is 0. The second-order valence-corrected chi connectivity index (χ2v) is 8.79. The summed E-state index contributed by atoms with van der Waals surface area (Å²) >= 11 is 0. The summed E-state index contributed by atoms with van der Waals surface area (Å²) in [5.74, 6) is 0. The lowest BCUT2D eigenvalue weighted by molar-refractivity contribution is -0.946. The van der Waals surface area contributed by atoms with Crippen LogP contribution in [0.25, 0.3) is 0 Å². The largest absolute Gasteiger partial charge is 1.00 e. The van der Waals surface area contributed by atoms with E-state index in [0.29, 0.717) is 0 Å². The van der Waals surface area contributed by atoms with E-state index in [9.17, 15) is 0 Å². The topological polar surface area (TPSA) is 9.23 Å². The first kappa shape index (κ1) is 30.4. The fourth-order valence-electron chi connectivity index (χ4n) is 3.96. The van der Waals surface area contributed by atoms with Gasteiger partial charge in [0.2, 0.25) is 0 Å². The number of nitrogens with zero attached hydrogens (tertiary/aromatic N) is 1. The third-order valence-corrected chi connectivity index (χ3v) is 5.97. The fourth-order valence-corrected chi connectivity index (χ4v) is 3.96. The molecule has 0 saturated carbocycles. The van der Waals surface area contributed by atoms with E-state index < -0.39 is 0 Å². The molecule has 0 unspecified atom stereocenters. The molecule has 0 aliphatic rings. The summed E-state index contributed by atoms with van der Waals surface area (Å²) in [6.45, 7) is 15.1. The molecule has 0 rings (SSSR count). The van der Waals surface area contributed by atoms with Gasteiger partial charge in [-0.2, -0.15) is 0 Å². The second-order valence-electron chi connectivity index (χ2n) is 8.79. The van der Waals surface area contributed by atoms with Crippen molar-refractivity contribution >= 4 is 0 Å². The van der Waals surface area contributed by atoms with Gasteiger partial charge >= 0.3 is 0 Å². The van der Waals surface area contributed by atoms with Crippen LogP contribution in [0.5, 0.6) is 0 Å². The summed E-state index contributed by atoms with van der Waals surface area (Å²) in [7, 11) is 0. The van der Waals surface area contributed by atoms with Crippen molar-refractivity contribution in [2.45, 2.75) is 130 Å². The maximum atomic E-state index is 6.23. The summed E-state index contributed by atoms with van der Waals surface area (Å²) in [5, 5.41) is 0. The van der Waals surface area contributed by atoms with Crippen molar-refractivity contribution in [1.82, 2.24) is 0 Å². The van der Waals surface area contributed by atoms with E-state index in [0.717, 1.165) is 13.3 Å². The van der Waals surface area contributed by atoms with Crippen molar-refractivity contribution in [2.24, 2.45) is 0 Å². The Balaban J connectivity index is 0. The van der Waals surface area contributed by atoms with Gasteiger partial charge in [0, 0.05) is 0 Å². The van der Waals surface area contributed by atoms with Gasteiger partial charge in [-0.15, -0.1) is 0 Å². The number of unbranched alkanes of at least 4 members (excludes halogenated alkanes) is 12. The zero-order valence-electron chi connectivity index (χ0n) is 20.1. The van der Waals surface area contributed by atoms with Crippen LogP contribution in [0.15, 0.2) is 0 Å². The van der Waals surface area contributed by atoms with E-state index in [4.69, 9.17) is 4.74 Å². The van der Waals surface area contributed by atoms with E-state index in [-0.39, 0.29) is 12.4 Å². The van der Waals surface area contributed by atoms with E-state index in [1.165, 1.54) is 127 Å². The quantitative estimate of drug-likeness (QED) is 0.135. The van der Waals surface area contributed by atoms with Gasteiger partial charge in [0.15, 0.2) is 6.73 Å². The number of halogens is 1. The lowest BCUT2D eigenvalue weighted by Crippen LogP contribution is -3.00. The molecule has 3 heteroatoms. The normalized spacial score (nSPS) is 11.6. The molecule has 0 N–H and O–H groups in total. The summed E-state index contributed by atoms with van der Waals surface area (Å²) in [4.78, 5) is 0. The van der Waals surface area contributed by atoms with Crippen LogP contribution in [0.2, 0.25) is 0 Å². The minimum absolute atomic E-state index is 0. The molecule has 0 heterocycles. The van der Waals surface area contributed by atoms with Crippen LogP contribution in [0, 0.1) is 0 Å². The Kier molecular flexibility index (Phi) is 25.5. The van der Waals surface area contributed by atoms with Crippen LogP contribution < -0.4 is 12.4 Å². The van der Waals surface area contributed by atoms with Gasteiger partial charge in [0.25, 0.3) is 0 Å². The van der Waals surface area contributed by atoms with Crippen molar-refractivity contribution in [1.29, 1.82) is 0 Å². The molecule has 0 radical (unpaired) electrons. The maximum Gasteiger partial charge on any atom is 0.183 e. The van der Waals surface area contributed by atoms with Crippen LogP contribution >= 0.6 is 0 Å². The summed E-state index contributed by atoms with van der Waals surface area (Å²) < 4.78 is 7.45. The first-order valence-corrected chi connectivity index (χ1v) is 12.7. The van der Waals surface area contributed by atoms with Gasteiger partial charge < -0.3 is 21.6 Å². The highest BCUT2D eigenvalue weighted by atomic mass is 35.5. The number of hydrogen-bond acceptors (Lipinski definition) is 1. The highest BCUT2D eigenvalue weighted by molar-refractivity contribution is 4.48. The fraction of sp³-hybridized carbons (Fsp3) is 1.00. The third-order valence-electron chi connectivity index (χ3n) is 5.97. The van der Waals surface area contributed by atoms with E-state index in [1.54, 1.807) is 0 Å². The van der Waals surface area contributed by atoms with Gasteiger partial charge in [-0.25, -0.2) is 0 Å². The standard InChI is InChI=1S/C25H54NO.ClH/c1-5-9-13-14-15-16-17-18-19-20-24-27-25-26(21-10-6-2,22-11-7-3)23-12-8-4;/h5-25H2,1-4H3;1H/q+1;/p-1. The lowest BCUT2D eigenvalue weighted by atomic mass is 10.1. The molecule has 0 bridgehead atoms. The molecule has 0 aliphatic carbocycles. The zero-order chi connectivity index (χ0) is 20.1. The molecule has 0 aromatic heterocycles. The molecule has 0 fully saturated rings. The highest BCUT2D eigenvalue weighted by Crippen LogP contribution is 2.16. The molecule has 2 nitrogen and oxygen atoms in total. The molecular weight excluding hydrogens is 366 g/mol. The summed E-state index contributed by atoms with van der Waals surface area (Å²) in [6, 6.07) is 0. The van der Waals surface area contributed by atoms with Crippen molar-refractivity contribution in [3.63, 3.8) is 0 Å². The van der Waals surface area contributed by atoms with Crippen LogP contribution in [0.4, 0.5) is 0 Å². The first-order chi connectivity index (χ1) is 13.2. The summed E-state index contributed by atoms with van der Waals surface area (Å²) in [6.07, 6.45) is 21.9. The van der Waals surface area contributed by atoms with E-state index in [1.807, 2.05) is 0 Å². The molecular formula is C25H54ClNO. The Labute approximate surface area is 185 Å². The molecule has 28 heavy (non-hydrogen) atoms. The van der Waals surface area contributed by atoms with Gasteiger partial charge in [-0.05, 0) is 25.7 Å². The van der Waals surface area contributed by atoms with Gasteiger partial charge in [0.05, 0.1) is 26.2 Å². The van der Waals surface area contributed by atoms with Crippen molar-refractivity contribution in [3.8, 4) is 0 Å². The molecule has 0 aliphatic heterocycles. The molecule has 172 valence electrons. The highest BCUT2D eigenvalue weighted by Gasteiger charge is 2.25. The molecule has 0 aromatic rings. The Morgan fingerprint density at radius 2 is 0.821 bits per heavy atom. The number of ether oxygens (including phenoxy) is 1. The van der Waals surface area contributed by atoms with Crippen LogP contribution in [-0.2, 0) is 4.74 Å². The SMILES string of the molecule is CCCCCCCCCCCCOC[N+](CCCC)(CCCC)CCCC.[Cl-]. The second kappa shape index (κ2) is 23.5. The molecule has 0 saturated heterocycles. The molecule has 0 atom stereocenters. The van der Waals surface area contributed by atoms with Crippen molar-refractivity contribution < 1.29 is 21.6 Å². The average molecular weight is 420 g/mol. The van der Waals surface area contributed by atoms with Gasteiger partial charge in [-0.1, -0.05) is 105 Å². The Morgan fingerprint density at radius 1 is 0.464 bits per heavy atom.